The van der Waals surface area contributed by atoms with Gasteiger partial charge >= 0.3 is 0 Å². The molecule has 2 aromatic heterocycles. The van der Waals surface area contributed by atoms with E-state index in [-0.39, 0.29) is 30.0 Å². The first kappa shape index (κ1) is 22.3. The summed E-state index contributed by atoms with van der Waals surface area (Å²) in [5.74, 6) is -2.20. The number of ether oxygens (including phenoxy) is 1. The minimum atomic E-state index is -2.96. The van der Waals surface area contributed by atoms with Gasteiger partial charge in [0.25, 0.3) is 11.8 Å². The molecule has 1 aromatic carbocycles. The fraction of sp³-hybridized carbons (Fsp3) is 0.364. The molecule has 1 atom stereocenters. The van der Waals surface area contributed by atoms with Crippen LogP contribution >= 0.6 is 0 Å². The van der Waals surface area contributed by atoms with E-state index in [0.717, 1.165) is 13.1 Å². The average molecular weight is 430 g/mol. The summed E-state index contributed by atoms with van der Waals surface area (Å²) in [7, 11) is 0. The number of carbonyl (C=O) groups is 1. The van der Waals surface area contributed by atoms with Crippen LogP contribution in [-0.2, 0) is 5.92 Å². The van der Waals surface area contributed by atoms with Gasteiger partial charge in [0.1, 0.15) is 6.61 Å². The van der Waals surface area contributed by atoms with E-state index < -0.39 is 5.92 Å². The molecule has 2 heterocycles. The second-order valence-electron chi connectivity index (χ2n) is 7.21. The summed E-state index contributed by atoms with van der Waals surface area (Å²) in [5, 5.41) is 3.92. The standard InChI is InChI=1S/C22H24F2N4O3/c1-5-28(14(2)13-30-19-11-10-16(12-25-19)22(4,23)24)21(29)18-9-7-6-8-17(18)20-26-15(3)31-27-20/h6-12,14H,5,13H2,1-4H3/t14-/m0/s1. The van der Waals surface area contributed by atoms with Crippen molar-refractivity contribution >= 4 is 5.91 Å². The Morgan fingerprint density at radius 1 is 1.26 bits per heavy atom. The number of pyridine rings is 1. The van der Waals surface area contributed by atoms with Gasteiger partial charge in [0.05, 0.1) is 11.6 Å². The molecule has 9 heteroatoms. The van der Waals surface area contributed by atoms with Crippen molar-refractivity contribution in [3.05, 3.63) is 59.6 Å². The number of hydrogen-bond donors (Lipinski definition) is 0. The van der Waals surface area contributed by atoms with Crippen molar-refractivity contribution in [2.24, 2.45) is 0 Å². The van der Waals surface area contributed by atoms with E-state index in [1.807, 2.05) is 13.8 Å². The summed E-state index contributed by atoms with van der Waals surface area (Å²) < 4.78 is 37.3. The number of halogens is 2. The normalized spacial score (nSPS) is 12.5. The fourth-order valence-corrected chi connectivity index (χ4v) is 3.10. The molecule has 0 aliphatic heterocycles. The highest BCUT2D eigenvalue weighted by Crippen LogP contribution is 2.27. The van der Waals surface area contributed by atoms with Crippen molar-refractivity contribution in [1.82, 2.24) is 20.0 Å². The summed E-state index contributed by atoms with van der Waals surface area (Å²) in [5.41, 5.74) is 0.838. The van der Waals surface area contributed by atoms with Gasteiger partial charge in [-0.2, -0.15) is 4.98 Å². The van der Waals surface area contributed by atoms with Crippen LogP contribution in [0.1, 0.15) is 42.6 Å². The van der Waals surface area contributed by atoms with Crippen LogP contribution in [0.15, 0.2) is 47.1 Å². The molecule has 1 amide bonds. The maximum Gasteiger partial charge on any atom is 0.272 e. The minimum Gasteiger partial charge on any atom is -0.475 e. The molecule has 31 heavy (non-hydrogen) atoms. The Bertz CT molecular complexity index is 1030. The van der Waals surface area contributed by atoms with Crippen LogP contribution < -0.4 is 4.74 Å². The lowest BCUT2D eigenvalue weighted by Gasteiger charge is -2.28. The molecule has 0 fully saturated rings. The SMILES string of the molecule is CCN(C(=O)c1ccccc1-c1noc(C)n1)[C@@H](C)COc1ccc(C(C)(F)F)cn1. The summed E-state index contributed by atoms with van der Waals surface area (Å²) >= 11 is 0. The van der Waals surface area contributed by atoms with Gasteiger partial charge in [0.2, 0.25) is 17.6 Å². The first-order valence-corrected chi connectivity index (χ1v) is 9.88. The van der Waals surface area contributed by atoms with Crippen LogP contribution in [0.5, 0.6) is 5.88 Å². The van der Waals surface area contributed by atoms with Gasteiger partial charge in [-0.25, -0.2) is 13.8 Å². The summed E-state index contributed by atoms with van der Waals surface area (Å²) in [6, 6.07) is 9.42. The van der Waals surface area contributed by atoms with Crippen molar-refractivity contribution < 1.29 is 22.8 Å². The zero-order valence-corrected chi connectivity index (χ0v) is 17.8. The average Bonchev–Trinajstić information content (AvgIpc) is 3.18. The van der Waals surface area contributed by atoms with Crippen LogP contribution in [-0.4, -0.2) is 45.1 Å². The number of carbonyl (C=O) groups excluding carboxylic acids is 1. The third kappa shape index (κ3) is 5.22. The first-order chi connectivity index (χ1) is 14.7. The second-order valence-corrected chi connectivity index (χ2v) is 7.21. The first-order valence-electron chi connectivity index (χ1n) is 9.88. The molecule has 0 radical (unpaired) electrons. The largest absolute Gasteiger partial charge is 0.475 e. The van der Waals surface area contributed by atoms with Gasteiger partial charge in [0.15, 0.2) is 0 Å². The number of benzene rings is 1. The van der Waals surface area contributed by atoms with Crippen LogP contribution in [0.2, 0.25) is 0 Å². The van der Waals surface area contributed by atoms with E-state index in [1.165, 1.54) is 12.1 Å². The molecule has 0 N–H and O–H groups in total. The highest BCUT2D eigenvalue weighted by molar-refractivity contribution is 6.00. The Morgan fingerprint density at radius 2 is 2.00 bits per heavy atom. The summed E-state index contributed by atoms with van der Waals surface area (Å²) in [6.07, 6.45) is 1.09. The number of nitrogens with zero attached hydrogens (tertiary/aromatic N) is 4. The quantitative estimate of drug-likeness (QED) is 0.524. The number of rotatable bonds is 8. The van der Waals surface area contributed by atoms with Gasteiger partial charge in [0, 0.05) is 43.8 Å². The number of aromatic nitrogens is 3. The number of amides is 1. The molecule has 0 aliphatic carbocycles. The lowest BCUT2D eigenvalue weighted by atomic mass is 10.0. The summed E-state index contributed by atoms with van der Waals surface area (Å²) in [4.78, 5) is 23.1. The molecule has 0 unspecified atom stereocenters. The molecular formula is C22H24F2N4O3. The van der Waals surface area contributed by atoms with Crippen molar-refractivity contribution in [2.75, 3.05) is 13.2 Å². The van der Waals surface area contributed by atoms with Crippen molar-refractivity contribution in [3.63, 3.8) is 0 Å². The number of hydrogen-bond acceptors (Lipinski definition) is 6. The zero-order chi connectivity index (χ0) is 22.6. The monoisotopic (exact) mass is 430 g/mol. The third-order valence-corrected chi connectivity index (χ3v) is 4.78. The van der Waals surface area contributed by atoms with Gasteiger partial charge < -0.3 is 14.2 Å². The molecule has 7 nitrogen and oxygen atoms in total. The van der Waals surface area contributed by atoms with E-state index in [4.69, 9.17) is 9.26 Å². The molecule has 164 valence electrons. The predicted molar refractivity (Wildman–Crippen MR) is 110 cm³/mol. The second kappa shape index (κ2) is 9.20. The Morgan fingerprint density at radius 3 is 2.58 bits per heavy atom. The highest BCUT2D eigenvalue weighted by atomic mass is 19.3. The van der Waals surface area contributed by atoms with Crippen LogP contribution in [0.25, 0.3) is 11.4 Å². The Hall–Kier alpha value is -3.36. The van der Waals surface area contributed by atoms with Crippen molar-refractivity contribution in [3.8, 4) is 17.3 Å². The molecule has 0 aliphatic rings. The Balaban J connectivity index is 1.72. The van der Waals surface area contributed by atoms with E-state index in [1.54, 1.807) is 36.1 Å². The van der Waals surface area contributed by atoms with Crippen molar-refractivity contribution in [2.45, 2.75) is 39.7 Å². The Labute approximate surface area is 179 Å². The highest BCUT2D eigenvalue weighted by Gasteiger charge is 2.26. The minimum absolute atomic E-state index is 0.151. The number of likely N-dealkylation sites (N-methyl/N-ethyl adjacent to an activating group) is 1. The number of aryl methyl sites for hydroxylation is 1. The lowest BCUT2D eigenvalue weighted by molar-refractivity contribution is 0.0169. The van der Waals surface area contributed by atoms with Gasteiger partial charge in [-0.15, -0.1) is 0 Å². The maximum atomic E-state index is 13.3. The van der Waals surface area contributed by atoms with Crippen LogP contribution in [0.3, 0.4) is 0 Å². The fourth-order valence-electron chi connectivity index (χ4n) is 3.10. The Kier molecular flexibility index (Phi) is 6.62. The molecule has 0 saturated carbocycles. The van der Waals surface area contributed by atoms with Gasteiger partial charge in [-0.3, -0.25) is 4.79 Å². The topological polar surface area (TPSA) is 81.4 Å². The van der Waals surface area contributed by atoms with E-state index in [0.29, 0.717) is 29.4 Å². The van der Waals surface area contributed by atoms with Gasteiger partial charge in [-0.1, -0.05) is 23.4 Å². The van der Waals surface area contributed by atoms with Crippen LogP contribution in [0, 0.1) is 6.92 Å². The lowest BCUT2D eigenvalue weighted by Crippen LogP contribution is -2.42. The van der Waals surface area contributed by atoms with E-state index >= 15 is 0 Å². The van der Waals surface area contributed by atoms with Crippen LogP contribution in [0.4, 0.5) is 8.78 Å². The molecular weight excluding hydrogens is 406 g/mol. The third-order valence-electron chi connectivity index (χ3n) is 4.78. The maximum absolute atomic E-state index is 13.3. The number of alkyl halides is 2. The van der Waals surface area contributed by atoms with Crippen molar-refractivity contribution in [1.29, 1.82) is 0 Å². The molecule has 0 spiro atoms. The molecule has 3 rings (SSSR count). The summed E-state index contributed by atoms with van der Waals surface area (Å²) in [6.45, 7) is 6.80. The van der Waals surface area contributed by atoms with Gasteiger partial charge in [-0.05, 0) is 26.0 Å². The van der Waals surface area contributed by atoms with E-state index in [9.17, 15) is 13.6 Å². The smallest absolute Gasteiger partial charge is 0.272 e. The zero-order valence-electron chi connectivity index (χ0n) is 17.8. The predicted octanol–water partition coefficient (Wildman–Crippen LogP) is 4.48. The molecule has 0 saturated heterocycles. The van der Waals surface area contributed by atoms with E-state index in [2.05, 4.69) is 15.1 Å². The molecule has 0 bridgehead atoms. The molecule has 3 aromatic rings.